The highest BCUT2D eigenvalue weighted by Gasteiger charge is 2.06. The zero-order valence-electron chi connectivity index (χ0n) is 15.3. The lowest BCUT2D eigenvalue weighted by atomic mass is 10.2. The zero-order chi connectivity index (χ0) is 17.8. The summed E-state index contributed by atoms with van der Waals surface area (Å²) < 4.78 is 5.12. The standard InChI is InChI=1S/C18H30N4O2/c1-5-7-12-22(3)18(19-6-2)21-14-17(23)20-13-15-8-10-16(24-4)11-9-15/h8-11H,5-7,12-14H2,1-4H3,(H,19,21)(H,20,23). The van der Waals surface area contributed by atoms with E-state index < -0.39 is 0 Å². The maximum Gasteiger partial charge on any atom is 0.242 e. The lowest BCUT2D eigenvalue weighted by Gasteiger charge is -2.21. The molecule has 6 heteroatoms. The van der Waals surface area contributed by atoms with Crippen molar-refractivity contribution in [2.75, 3.05) is 33.8 Å². The number of hydrogen-bond acceptors (Lipinski definition) is 3. The van der Waals surface area contributed by atoms with Crippen molar-refractivity contribution in [3.8, 4) is 5.75 Å². The van der Waals surface area contributed by atoms with E-state index in [0.717, 1.165) is 43.2 Å². The van der Waals surface area contributed by atoms with E-state index in [9.17, 15) is 4.79 Å². The van der Waals surface area contributed by atoms with Crippen molar-refractivity contribution in [1.29, 1.82) is 0 Å². The van der Waals surface area contributed by atoms with Crippen LogP contribution in [0.1, 0.15) is 32.3 Å². The monoisotopic (exact) mass is 334 g/mol. The van der Waals surface area contributed by atoms with Gasteiger partial charge >= 0.3 is 0 Å². The summed E-state index contributed by atoms with van der Waals surface area (Å²) >= 11 is 0. The van der Waals surface area contributed by atoms with Crippen LogP contribution in [0, 0.1) is 0 Å². The molecule has 1 aromatic rings. The third kappa shape index (κ3) is 7.35. The normalized spacial score (nSPS) is 11.1. The number of rotatable bonds is 9. The Morgan fingerprint density at radius 2 is 1.92 bits per heavy atom. The van der Waals surface area contributed by atoms with Crippen molar-refractivity contribution in [1.82, 2.24) is 15.5 Å². The number of benzene rings is 1. The van der Waals surface area contributed by atoms with Crippen LogP contribution in [0.4, 0.5) is 0 Å². The summed E-state index contributed by atoms with van der Waals surface area (Å²) in [5.41, 5.74) is 1.03. The van der Waals surface area contributed by atoms with Crippen molar-refractivity contribution in [2.45, 2.75) is 33.2 Å². The van der Waals surface area contributed by atoms with Crippen molar-refractivity contribution in [3.05, 3.63) is 29.8 Å². The van der Waals surface area contributed by atoms with Gasteiger partial charge < -0.3 is 20.3 Å². The van der Waals surface area contributed by atoms with E-state index in [1.54, 1.807) is 7.11 Å². The van der Waals surface area contributed by atoms with Gasteiger partial charge in [-0.25, -0.2) is 4.99 Å². The Morgan fingerprint density at radius 3 is 2.50 bits per heavy atom. The van der Waals surface area contributed by atoms with Gasteiger partial charge in [-0.05, 0) is 31.0 Å². The van der Waals surface area contributed by atoms with Crippen LogP contribution in [-0.4, -0.2) is 50.6 Å². The molecule has 0 saturated heterocycles. The largest absolute Gasteiger partial charge is 0.497 e. The van der Waals surface area contributed by atoms with Crippen molar-refractivity contribution in [3.63, 3.8) is 0 Å². The summed E-state index contributed by atoms with van der Waals surface area (Å²) in [6.07, 6.45) is 2.23. The number of nitrogens with one attached hydrogen (secondary N) is 2. The van der Waals surface area contributed by atoms with Crippen LogP contribution >= 0.6 is 0 Å². The number of carbonyl (C=O) groups excluding carboxylic acids is 1. The van der Waals surface area contributed by atoms with E-state index in [1.165, 1.54) is 0 Å². The molecular formula is C18H30N4O2. The predicted octanol–water partition coefficient (Wildman–Crippen LogP) is 2.01. The molecule has 0 aliphatic rings. The van der Waals surface area contributed by atoms with E-state index in [4.69, 9.17) is 4.74 Å². The Hall–Kier alpha value is -2.24. The van der Waals surface area contributed by atoms with Gasteiger partial charge in [-0.1, -0.05) is 25.5 Å². The molecule has 0 heterocycles. The first kappa shape index (κ1) is 19.8. The molecule has 0 aromatic heterocycles. The number of amides is 1. The molecule has 0 saturated carbocycles. The van der Waals surface area contributed by atoms with Crippen LogP contribution in [0.25, 0.3) is 0 Å². The number of nitrogens with zero attached hydrogens (tertiary/aromatic N) is 2. The molecule has 1 rings (SSSR count). The van der Waals surface area contributed by atoms with Gasteiger partial charge in [0.05, 0.1) is 7.11 Å². The number of carbonyl (C=O) groups is 1. The van der Waals surface area contributed by atoms with Gasteiger partial charge in [0, 0.05) is 26.7 Å². The second-order valence-corrected chi connectivity index (χ2v) is 5.57. The van der Waals surface area contributed by atoms with E-state index in [0.29, 0.717) is 6.54 Å². The second kappa shape index (κ2) is 11.3. The molecule has 24 heavy (non-hydrogen) atoms. The lowest BCUT2D eigenvalue weighted by Crippen LogP contribution is -2.40. The minimum Gasteiger partial charge on any atom is -0.497 e. The smallest absolute Gasteiger partial charge is 0.242 e. The van der Waals surface area contributed by atoms with Crippen LogP contribution in [-0.2, 0) is 11.3 Å². The Labute approximate surface area is 145 Å². The Balaban J connectivity index is 2.47. The number of guanidine groups is 1. The topological polar surface area (TPSA) is 66.0 Å². The predicted molar refractivity (Wildman–Crippen MR) is 98.4 cm³/mol. The first-order chi connectivity index (χ1) is 11.6. The number of methoxy groups -OCH3 is 1. The zero-order valence-corrected chi connectivity index (χ0v) is 15.3. The third-order valence-corrected chi connectivity index (χ3v) is 3.56. The minimum absolute atomic E-state index is 0.0925. The highest BCUT2D eigenvalue weighted by atomic mass is 16.5. The number of aliphatic imine (C=N–C) groups is 1. The SMILES string of the molecule is CCCCN(C)C(=NCC(=O)NCc1ccc(OC)cc1)NCC. The number of ether oxygens (including phenoxy) is 1. The Kier molecular flexibility index (Phi) is 9.34. The fourth-order valence-electron chi connectivity index (χ4n) is 2.12. The third-order valence-electron chi connectivity index (χ3n) is 3.56. The van der Waals surface area contributed by atoms with Crippen LogP contribution in [0.5, 0.6) is 5.75 Å². The second-order valence-electron chi connectivity index (χ2n) is 5.57. The van der Waals surface area contributed by atoms with E-state index in [2.05, 4.69) is 27.4 Å². The van der Waals surface area contributed by atoms with Gasteiger partial charge in [0.25, 0.3) is 0 Å². The maximum absolute atomic E-state index is 12.0. The molecule has 0 atom stereocenters. The molecule has 134 valence electrons. The molecule has 0 aliphatic heterocycles. The molecule has 0 radical (unpaired) electrons. The first-order valence-electron chi connectivity index (χ1n) is 8.49. The van der Waals surface area contributed by atoms with Crippen molar-refractivity contribution < 1.29 is 9.53 Å². The summed E-state index contributed by atoms with van der Waals surface area (Å²) in [5.74, 6) is 1.48. The summed E-state index contributed by atoms with van der Waals surface area (Å²) in [5, 5.41) is 6.10. The number of unbranched alkanes of at least 4 members (excludes halogenated alkanes) is 1. The lowest BCUT2D eigenvalue weighted by molar-refractivity contribution is -0.119. The van der Waals surface area contributed by atoms with E-state index >= 15 is 0 Å². The van der Waals surface area contributed by atoms with E-state index in [1.807, 2.05) is 38.2 Å². The minimum atomic E-state index is -0.0925. The van der Waals surface area contributed by atoms with Gasteiger partial charge in [-0.3, -0.25) is 4.79 Å². The molecule has 1 amide bonds. The number of hydrogen-bond donors (Lipinski definition) is 2. The van der Waals surface area contributed by atoms with Gasteiger partial charge in [0.15, 0.2) is 5.96 Å². The quantitative estimate of drug-likeness (QED) is 0.535. The highest BCUT2D eigenvalue weighted by Crippen LogP contribution is 2.10. The molecule has 0 bridgehead atoms. The van der Waals surface area contributed by atoms with Crippen LogP contribution in [0.2, 0.25) is 0 Å². The first-order valence-corrected chi connectivity index (χ1v) is 8.49. The molecule has 0 fully saturated rings. The van der Waals surface area contributed by atoms with Crippen LogP contribution in [0.15, 0.2) is 29.3 Å². The average molecular weight is 334 g/mol. The average Bonchev–Trinajstić information content (AvgIpc) is 2.61. The summed E-state index contributed by atoms with van der Waals surface area (Å²) in [7, 11) is 3.63. The molecule has 6 nitrogen and oxygen atoms in total. The van der Waals surface area contributed by atoms with Crippen molar-refractivity contribution >= 4 is 11.9 Å². The van der Waals surface area contributed by atoms with Crippen molar-refractivity contribution in [2.24, 2.45) is 4.99 Å². The molecular weight excluding hydrogens is 304 g/mol. The molecule has 0 spiro atoms. The maximum atomic E-state index is 12.0. The molecule has 0 unspecified atom stereocenters. The highest BCUT2D eigenvalue weighted by molar-refractivity contribution is 5.84. The van der Waals surface area contributed by atoms with Gasteiger partial charge in [0.1, 0.15) is 12.3 Å². The van der Waals surface area contributed by atoms with Gasteiger partial charge in [0.2, 0.25) is 5.91 Å². The van der Waals surface area contributed by atoms with Crippen LogP contribution < -0.4 is 15.4 Å². The van der Waals surface area contributed by atoms with Gasteiger partial charge in [-0.2, -0.15) is 0 Å². The summed E-state index contributed by atoms with van der Waals surface area (Å²) in [6, 6.07) is 7.63. The molecule has 0 aliphatic carbocycles. The fourth-order valence-corrected chi connectivity index (χ4v) is 2.12. The molecule has 1 aromatic carbocycles. The summed E-state index contributed by atoms with van der Waals surface area (Å²) in [6.45, 7) is 6.49. The Bertz CT molecular complexity index is 514. The molecule has 2 N–H and O–H groups in total. The Morgan fingerprint density at radius 1 is 1.21 bits per heavy atom. The fraction of sp³-hybridized carbons (Fsp3) is 0.556. The van der Waals surface area contributed by atoms with Crippen LogP contribution in [0.3, 0.4) is 0 Å². The summed E-state index contributed by atoms with van der Waals surface area (Å²) in [4.78, 5) is 18.5. The van der Waals surface area contributed by atoms with E-state index in [-0.39, 0.29) is 12.5 Å². The van der Waals surface area contributed by atoms with Gasteiger partial charge in [-0.15, -0.1) is 0 Å².